The summed E-state index contributed by atoms with van der Waals surface area (Å²) in [7, 11) is 0.268. The summed E-state index contributed by atoms with van der Waals surface area (Å²) in [5.41, 5.74) is 13.5. The van der Waals surface area contributed by atoms with Crippen molar-refractivity contribution in [2.45, 2.75) is 47.3 Å². The van der Waals surface area contributed by atoms with Crippen LogP contribution < -0.4 is 0 Å². The van der Waals surface area contributed by atoms with Crippen LogP contribution >= 0.6 is 158 Å². The average Bonchev–Trinajstić information content (AvgIpc) is 0.826. The molecule has 0 atom stereocenters. The van der Waals surface area contributed by atoms with Gasteiger partial charge < -0.3 is 35.3 Å². The van der Waals surface area contributed by atoms with E-state index in [1.54, 1.807) is 123 Å². The summed E-state index contributed by atoms with van der Waals surface area (Å²) in [5.74, 6) is 1.54. The first kappa shape index (κ1) is 108. The molecule has 6 N–H and O–H groups in total. The number of nitrogens with zero attached hydrogens (tertiary/aromatic N) is 7. The Morgan fingerprint density at radius 3 is 1.01 bits per heavy atom. The zero-order valence-corrected chi connectivity index (χ0v) is 89.4. The van der Waals surface area contributed by atoms with Gasteiger partial charge in [-0.1, -0.05) is 133 Å². The monoisotopic (exact) mass is 2460 g/mol. The van der Waals surface area contributed by atoms with E-state index in [0.29, 0.717) is 11.3 Å². The van der Waals surface area contributed by atoms with Crippen molar-refractivity contribution in [3.63, 3.8) is 0 Å². The molecule has 0 saturated carbocycles. The minimum absolute atomic E-state index is 0.125. The van der Waals surface area contributed by atoms with Crippen molar-refractivity contribution >= 4 is 237 Å². The van der Waals surface area contributed by atoms with Gasteiger partial charge in [-0.25, -0.2) is 0 Å². The maximum atomic E-state index is 9.69. The summed E-state index contributed by atoms with van der Waals surface area (Å²) in [4.78, 5) is 25.6. The number of hydrogen-bond acceptors (Lipinski definition) is 13. The number of aryl methyl sites for hydroxylation is 4. The van der Waals surface area contributed by atoms with Gasteiger partial charge in [-0.05, 0) is 179 Å². The molecule has 10 aromatic carbocycles. The van der Waals surface area contributed by atoms with Gasteiger partial charge in [-0.2, -0.15) is 0 Å². The van der Waals surface area contributed by atoms with Gasteiger partial charge in [0.05, 0.1) is 28.3 Å². The zero-order valence-electron chi connectivity index (χ0n) is 60.0. The molecule has 0 bridgehead atoms. The van der Waals surface area contributed by atoms with Gasteiger partial charge in [0.2, 0.25) is 0 Å². The van der Waals surface area contributed by atoms with E-state index < -0.39 is 8.24 Å². The zero-order chi connectivity index (χ0) is 81.6. The van der Waals surface area contributed by atoms with Crippen molar-refractivity contribution in [1.82, 2.24) is 4.98 Å². The van der Waals surface area contributed by atoms with Crippen LogP contribution in [0.3, 0.4) is 0 Å². The third kappa shape index (κ3) is 53.6. The fourth-order valence-corrected chi connectivity index (χ4v) is 8.47. The molecule has 0 aliphatic rings. The second kappa shape index (κ2) is 69.8. The first-order valence-electron chi connectivity index (χ1n) is 31.5. The SMILES string of the molecule is CN=Cc1ccccc1O.C[Si](C)(C)N=Cc1ccccc1O.Cc1ccc(C)c(N=Cc2ccccc2O)c1.Cc1ccc(N=Cc2ccccc2O)cc1.Cc1cccc(N=Cc2ccccc2O)c1.Oc1ccccc1C=Nc1cccc2cccnc12.[Br][Ti][Br].[Br][Ti][Br].[Br][Ti][Br].[Br][Ti][Br].[Br][Ti][Br].[Br][Ti][Br]. The Morgan fingerprint density at radius 1 is 0.312 bits per heavy atom. The quantitative estimate of drug-likeness (QED) is 0.0545. The summed E-state index contributed by atoms with van der Waals surface area (Å²) < 4.78 is 4.44. The Morgan fingerprint density at radius 2 is 0.633 bits per heavy atom. The number of aliphatic imine (C=N–C) groups is 5. The molecule has 0 spiro atoms. The Hall–Kier alpha value is -1.31. The number of fused-ring (bicyclic) bond motifs is 1. The van der Waals surface area contributed by atoms with E-state index in [-0.39, 0.29) is 119 Å². The molecular formula is C77H77Br12N7O6SiTi6. The molecule has 11 aromatic rings. The van der Waals surface area contributed by atoms with Crippen LogP contribution in [-0.4, -0.2) is 88.2 Å². The summed E-state index contributed by atoms with van der Waals surface area (Å²) >= 11 is 39.0. The minimum atomic E-state index is -1.40. The fourth-order valence-electron chi connectivity index (χ4n) is 7.94. The van der Waals surface area contributed by atoms with Gasteiger partial charge in [0, 0.05) is 89.3 Å². The topological polar surface area (TPSA) is 208 Å². The summed E-state index contributed by atoms with van der Waals surface area (Å²) in [5, 5.41) is 58.0. The number of para-hydroxylation sites is 7. The van der Waals surface area contributed by atoms with Gasteiger partial charge in [0.1, 0.15) is 34.5 Å². The Balaban J connectivity index is 0.00000124. The Kier molecular flexibility index (Phi) is 68.9. The normalized spacial score (nSPS) is 10.0. The van der Waals surface area contributed by atoms with E-state index in [4.69, 9.17) is 5.11 Å². The van der Waals surface area contributed by atoms with Crippen LogP contribution in [0.25, 0.3) is 10.9 Å². The third-order valence-corrected chi connectivity index (χ3v) is 13.8. The first-order chi connectivity index (χ1) is 52.3. The average molecular weight is 2470 g/mol. The summed E-state index contributed by atoms with van der Waals surface area (Å²) in [6, 6.07) is 74.6. The van der Waals surface area contributed by atoms with Crippen molar-refractivity contribution < 1.29 is 120 Å². The molecular weight excluding hydrogens is 2390 g/mol. The Bertz CT molecular complexity index is 4450. The molecule has 0 fully saturated rings. The second-order valence-corrected chi connectivity index (χ2v) is 73.8. The fraction of sp³-hybridized carbons (Fsp3) is 0.104. The molecule has 0 radical (unpaired) electrons. The Labute approximate surface area is 772 Å². The molecule has 32 heteroatoms. The van der Waals surface area contributed by atoms with Crippen molar-refractivity contribution in [3.8, 4) is 34.5 Å². The maximum absolute atomic E-state index is 9.69. The molecule has 11 rings (SSSR count). The van der Waals surface area contributed by atoms with Crippen molar-refractivity contribution in [2.24, 2.45) is 29.6 Å². The van der Waals surface area contributed by atoms with Crippen LogP contribution in [0.15, 0.2) is 278 Å². The number of pyridine rings is 1. The first-order valence-corrected chi connectivity index (χ1v) is 81.2. The second-order valence-electron chi connectivity index (χ2n) is 21.9. The predicted molar refractivity (Wildman–Crippen MR) is 489 cm³/mol. The van der Waals surface area contributed by atoms with E-state index in [9.17, 15) is 25.5 Å². The van der Waals surface area contributed by atoms with Gasteiger partial charge in [-0.3, -0.25) is 29.9 Å². The molecule has 1 heterocycles. The number of halogens is 12. The van der Waals surface area contributed by atoms with E-state index in [1.165, 1.54) is 16.7 Å². The van der Waals surface area contributed by atoms with Crippen LogP contribution in [0.1, 0.15) is 55.6 Å². The molecule has 0 saturated heterocycles. The van der Waals surface area contributed by atoms with E-state index >= 15 is 0 Å². The molecule has 1 aromatic heterocycles. The number of benzene rings is 10. The van der Waals surface area contributed by atoms with E-state index in [1.807, 2.05) is 191 Å². The van der Waals surface area contributed by atoms with Crippen LogP contribution in [-0.2, 0) is 89.8 Å². The van der Waals surface area contributed by atoms with Crippen LogP contribution in [0.5, 0.6) is 34.5 Å². The number of phenols is 6. The molecule has 0 aliphatic carbocycles. The third-order valence-electron chi connectivity index (χ3n) is 12.9. The number of hydrogen-bond donors (Lipinski definition) is 6. The molecule has 0 aliphatic heterocycles. The van der Waals surface area contributed by atoms with Gasteiger partial charge in [0.15, 0.2) is 8.24 Å². The van der Waals surface area contributed by atoms with E-state index in [0.717, 1.165) is 67.0 Å². The van der Waals surface area contributed by atoms with Crippen LogP contribution in [0.4, 0.5) is 22.7 Å². The van der Waals surface area contributed by atoms with Crippen LogP contribution in [0, 0.1) is 27.7 Å². The molecule has 0 unspecified atom stereocenters. The summed E-state index contributed by atoms with van der Waals surface area (Å²) in [6.45, 7) is 14.6. The molecule has 0 amide bonds. The summed E-state index contributed by atoms with van der Waals surface area (Å²) in [6.07, 6.45) is 11.8. The van der Waals surface area contributed by atoms with Gasteiger partial charge in [-0.15, -0.1) is 0 Å². The van der Waals surface area contributed by atoms with Crippen molar-refractivity contribution in [2.75, 3.05) is 7.05 Å². The molecule has 13 nitrogen and oxygen atoms in total. The van der Waals surface area contributed by atoms with Gasteiger partial charge in [0.25, 0.3) is 0 Å². The molecule has 109 heavy (non-hydrogen) atoms. The van der Waals surface area contributed by atoms with Crippen LogP contribution in [0.2, 0.25) is 19.6 Å². The number of rotatable bonds is 11. The van der Waals surface area contributed by atoms with Crippen molar-refractivity contribution in [1.29, 1.82) is 0 Å². The molecule has 568 valence electrons. The number of aromatic hydroxyl groups is 6. The van der Waals surface area contributed by atoms with E-state index in [2.05, 4.69) is 218 Å². The standard InChI is InChI=1S/C16H12N2O.C15H15NO.2C14H13NO.C10H15NOSi.C8H9NO.12BrH.6Ti/c19-15-9-2-1-5-13(15)11-18-14-8-3-6-12-7-4-10-17-16(12)14;1-11-7-8-12(2)14(9-11)16-10-13-5-3-4-6-15(13)17;1-11-5-4-7-13(9-11)15-10-12-6-2-3-8-14(12)16;1-11-6-8-13(9-7-11)15-10-12-4-2-3-5-14(12)16;1-13(2,3)11-8-9-6-4-5-7-10(9)12;1-9-6-7-4-2-3-5-8(7)10;;;;;;;;;;;;;;;;;;/h1-11,19H;3-10,17H,1-2H3;2*2-10,16H,1H3;4-8,12H,1-3H3;2-6,10H,1H3;12*1H;;;;;;/q;;;;;;;;;;;;;;;;;;6*+2/p-12. The number of aromatic nitrogens is 1. The number of phenolic OH excluding ortho intramolecular Hbond substituents is 6. The van der Waals surface area contributed by atoms with Gasteiger partial charge >= 0.3 is 248 Å². The van der Waals surface area contributed by atoms with Crippen molar-refractivity contribution in [3.05, 3.63) is 304 Å². The predicted octanol–water partition coefficient (Wildman–Crippen LogP) is 28.6.